The monoisotopic (exact) mass is 440 g/mol. The molecule has 2 rings (SSSR count). The molecule has 0 saturated carbocycles. The summed E-state index contributed by atoms with van der Waals surface area (Å²) in [6, 6.07) is 11.7. The van der Waals surface area contributed by atoms with Gasteiger partial charge in [-0.15, -0.1) is 0 Å². The Morgan fingerprint density at radius 2 is 1.92 bits per heavy atom. The molecule has 0 aliphatic heterocycles. The minimum atomic E-state index is -3.75. The molecule has 8 heteroatoms. The number of halogens is 1. The largest absolute Gasteiger partial charge is 0.497 e. The molecule has 0 aliphatic carbocycles. The van der Waals surface area contributed by atoms with Gasteiger partial charge in [0, 0.05) is 17.9 Å². The molecule has 5 nitrogen and oxygen atoms in total. The van der Waals surface area contributed by atoms with Crippen molar-refractivity contribution < 1.29 is 13.2 Å². The zero-order valence-corrected chi connectivity index (χ0v) is 17.0. The number of isothiocyanates is 1. The Morgan fingerprint density at radius 3 is 2.48 bits per heavy atom. The summed E-state index contributed by atoms with van der Waals surface area (Å²) < 4.78 is 32.7. The lowest BCUT2D eigenvalue weighted by molar-refractivity contribution is 0.415. The summed E-state index contributed by atoms with van der Waals surface area (Å²) in [6.45, 7) is 2.14. The van der Waals surface area contributed by atoms with Crippen molar-refractivity contribution in [3.05, 3.63) is 48.0 Å². The van der Waals surface area contributed by atoms with Crippen LogP contribution in [-0.4, -0.2) is 32.6 Å². The summed E-state index contributed by atoms with van der Waals surface area (Å²) in [5, 5.41) is 2.75. The van der Waals surface area contributed by atoms with Gasteiger partial charge < -0.3 is 4.74 Å². The molecule has 0 aliphatic rings. The molecular weight excluding hydrogens is 424 g/mol. The predicted octanol–water partition coefficient (Wildman–Crippen LogP) is 4.33. The van der Waals surface area contributed by atoms with Crippen molar-refractivity contribution in [1.29, 1.82) is 0 Å². The first kappa shape index (κ1) is 19.6. The summed E-state index contributed by atoms with van der Waals surface area (Å²) in [7, 11) is -2.23. The molecule has 0 aromatic heterocycles. The van der Waals surface area contributed by atoms with E-state index in [1.165, 1.54) is 11.4 Å². The molecule has 0 bridgehead atoms. The summed E-state index contributed by atoms with van der Waals surface area (Å²) in [5.74, 6) is 0.555. The highest BCUT2D eigenvalue weighted by molar-refractivity contribution is 9.09. The van der Waals surface area contributed by atoms with E-state index < -0.39 is 10.0 Å². The van der Waals surface area contributed by atoms with Gasteiger partial charge in [-0.3, -0.25) is 4.31 Å². The van der Waals surface area contributed by atoms with Crippen LogP contribution in [0.2, 0.25) is 0 Å². The van der Waals surface area contributed by atoms with Crippen LogP contribution in [0.1, 0.15) is 5.56 Å². The Kier molecular flexibility index (Phi) is 6.72. The van der Waals surface area contributed by atoms with Gasteiger partial charge in [-0.2, -0.15) is 4.99 Å². The number of thiocarbonyl (C=S) groups is 1. The number of nitrogens with zero attached hydrogens (tertiary/aromatic N) is 2. The van der Waals surface area contributed by atoms with Crippen LogP contribution in [0.5, 0.6) is 5.75 Å². The first-order valence-electron chi connectivity index (χ1n) is 7.35. The minimum absolute atomic E-state index is 0.215. The predicted molar refractivity (Wildman–Crippen MR) is 107 cm³/mol. The van der Waals surface area contributed by atoms with Crippen LogP contribution in [0.3, 0.4) is 0 Å². The molecule has 0 N–H and O–H groups in total. The Morgan fingerprint density at radius 1 is 1.24 bits per heavy atom. The number of anilines is 1. The topological polar surface area (TPSA) is 59.0 Å². The van der Waals surface area contributed by atoms with Gasteiger partial charge in [-0.1, -0.05) is 33.6 Å². The lowest BCUT2D eigenvalue weighted by Crippen LogP contribution is -2.32. The second-order valence-electron chi connectivity index (χ2n) is 5.14. The second-order valence-corrected chi connectivity index (χ2v) is 7.97. The molecule has 0 saturated heterocycles. The molecule has 0 unspecified atom stereocenters. The molecule has 0 amide bonds. The quantitative estimate of drug-likeness (QED) is 0.365. The van der Waals surface area contributed by atoms with Crippen molar-refractivity contribution in [3.8, 4) is 5.75 Å². The van der Waals surface area contributed by atoms with Gasteiger partial charge in [0.25, 0.3) is 10.0 Å². The van der Waals surface area contributed by atoms with Crippen molar-refractivity contribution in [1.82, 2.24) is 0 Å². The number of aliphatic imine (C=N–C) groups is 1. The Bertz CT molecular complexity index is 893. The van der Waals surface area contributed by atoms with Crippen molar-refractivity contribution >= 4 is 54.7 Å². The number of sulfonamides is 1. The van der Waals surface area contributed by atoms with E-state index in [1.807, 2.05) is 6.92 Å². The highest BCUT2D eigenvalue weighted by Crippen LogP contribution is 2.35. The fourth-order valence-electron chi connectivity index (χ4n) is 2.26. The zero-order valence-electron chi connectivity index (χ0n) is 13.8. The molecule has 0 fully saturated rings. The summed E-state index contributed by atoms with van der Waals surface area (Å²) in [6.07, 6.45) is 0. The highest BCUT2D eigenvalue weighted by Gasteiger charge is 2.26. The molecule has 132 valence electrons. The maximum absolute atomic E-state index is 13.1. The SMILES string of the molecule is COc1ccc(N(CCBr)S(=O)(=O)c2ccc(C)cc2)c(N=C=S)c1. The van der Waals surface area contributed by atoms with Crippen LogP contribution in [0.25, 0.3) is 0 Å². The number of benzene rings is 2. The van der Waals surface area contributed by atoms with E-state index in [4.69, 9.17) is 17.0 Å². The summed E-state index contributed by atoms with van der Waals surface area (Å²) in [4.78, 5) is 4.22. The lowest BCUT2D eigenvalue weighted by atomic mass is 10.2. The van der Waals surface area contributed by atoms with Crippen molar-refractivity contribution in [3.63, 3.8) is 0 Å². The van der Waals surface area contributed by atoms with Crippen LogP contribution in [-0.2, 0) is 10.0 Å². The lowest BCUT2D eigenvalue weighted by Gasteiger charge is -2.25. The number of hydrogen-bond acceptors (Lipinski definition) is 5. The summed E-state index contributed by atoms with van der Waals surface area (Å²) >= 11 is 8.01. The van der Waals surface area contributed by atoms with E-state index in [0.717, 1.165) is 5.56 Å². The van der Waals surface area contributed by atoms with Gasteiger partial charge in [0.05, 0.1) is 22.9 Å². The van der Waals surface area contributed by atoms with E-state index in [0.29, 0.717) is 22.5 Å². The molecule has 0 radical (unpaired) electrons. The average molecular weight is 441 g/mol. The van der Waals surface area contributed by atoms with E-state index >= 15 is 0 Å². The number of alkyl halides is 1. The van der Waals surface area contributed by atoms with Crippen LogP contribution < -0.4 is 9.04 Å². The Hall–Kier alpha value is -1.73. The smallest absolute Gasteiger partial charge is 0.264 e. The average Bonchev–Trinajstić information content (AvgIpc) is 2.60. The first-order chi connectivity index (χ1) is 11.9. The number of methoxy groups -OCH3 is 1. The van der Waals surface area contributed by atoms with Crippen molar-refractivity contribution in [2.75, 3.05) is 23.3 Å². The number of ether oxygens (including phenoxy) is 1. The fourth-order valence-corrected chi connectivity index (χ4v) is 4.43. The Labute approximate surface area is 161 Å². The van der Waals surface area contributed by atoms with Crippen LogP contribution in [0.15, 0.2) is 52.4 Å². The van der Waals surface area contributed by atoms with Gasteiger partial charge in [-0.05, 0) is 43.4 Å². The zero-order chi connectivity index (χ0) is 18.4. The van der Waals surface area contributed by atoms with E-state index in [2.05, 4.69) is 26.1 Å². The van der Waals surface area contributed by atoms with Crippen molar-refractivity contribution in [2.24, 2.45) is 4.99 Å². The molecule has 25 heavy (non-hydrogen) atoms. The van der Waals surface area contributed by atoms with Crippen molar-refractivity contribution in [2.45, 2.75) is 11.8 Å². The van der Waals surface area contributed by atoms with Crippen LogP contribution >= 0.6 is 28.1 Å². The van der Waals surface area contributed by atoms with Crippen LogP contribution in [0.4, 0.5) is 11.4 Å². The molecule has 0 atom stereocenters. The van der Waals surface area contributed by atoms with E-state index in [9.17, 15) is 8.42 Å². The number of aryl methyl sites for hydroxylation is 1. The van der Waals surface area contributed by atoms with Gasteiger partial charge >= 0.3 is 0 Å². The number of rotatable bonds is 7. The summed E-state index contributed by atoms with van der Waals surface area (Å²) in [5.41, 5.74) is 1.78. The fraction of sp³-hybridized carbons (Fsp3) is 0.235. The van der Waals surface area contributed by atoms with E-state index in [1.54, 1.807) is 42.5 Å². The van der Waals surface area contributed by atoms with Gasteiger partial charge in [-0.25, -0.2) is 8.42 Å². The molecule has 2 aromatic carbocycles. The minimum Gasteiger partial charge on any atom is -0.497 e. The number of hydrogen-bond donors (Lipinski definition) is 0. The maximum Gasteiger partial charge on any atom is 0.264 e. The van der Waals surface area contributed by atoms with Gasteiger partial charge in [0.2, 0.25) is 0 Å². The highest BCUT2D eigenvalue weighted by atomic mass is 79.9. The first-order valence-corrected chi connectivity index (χ1v) is 10.3. The molecular formula is C17H17BrN2O3S2. The van der Waals surface area contributed by atoms with E-state index in [-0.39, 0.29) is 11.4 Å². The van der Waals surface area contributed by atoms with Gasteiger partial charge in [0.15, 0.2) is 0 Å². The standard InChI is InChI=1S/C17H17BrN2O3S2/c1-13-3-6-15(7-4-13)25(21,22)20(10-9-18)17-8-5-14(23-2)11-16(17)19-12-24/h3-8,11H,9-10H2,1-2H3. The molecule has 0 heterocycles. The molecule has 2 aromatic rings. The third-order valence-electron chi connectivity index (χ3n) is 3.51. The normalized spacial score (nSPS) is 10.8. The third kappa shape index (κ3) is 4.46. The van der Waals surface area contributed by atoms with Crippen LogP contribution in [0, 0.1) is 6.92 Å². The second kappa shape index (κ2) is 8.58. The molecule has 0 spiro atoms. The maximum atomic E-state index is 13.1. The van der Waals surface area contributed by atoms with Gasteiger partial charge in [0.1, 0.15) is 11.4 Å². The third-order valence-corrected chi connectivity index (χ3v) is 5.79. The Balaban J connectivity index is 2.61.